The molecule has 6 nitrogen and oxygen atoms in total. The molecule has 1 aliphatic heterocycles. The van der Waals surface area contributed by atoms with Gasteiger partial charge < -0.3 is 9.67 Å². The number of ketones is 1. The standard InChI is InChI=1S/C25H25N3O3/c1-17-25(23(29)16-27-11-3-2-4-12-27)21-10-7-19(14-24(30)31)13-22(21)28(17)20-8-5-18(15-26)6-9-20/h5-10,13H,2-4,11-12,14,16H2,1H3,(H,30,31). The van der Waals surface area contributed by atoms with E-state index in [1.807, 2.05) is 35.8 Å². The topological polar surface area (TPSA) is 86.3 Å². The first-order valence-corrected chi connectivity index (χ1v) is 10.6. The zero-order valence-electron chi connectivity index (χ0n) is 17.6. The summed E-state index contributed by atoms with van der Waals surface area (Å²) in [5, 5.41) is 19.2. The van der Waals surface area contributed by atoms with Crippen molar-refractivity contribution in [3.8, 4) is 11.8 Å². The Hall–Kier alpha value is -3.43. The Morgan fingerprint density at radius 2 is 1.77 bits per heavy atom. The predicted molar refractivity (Wildman–Crippen MR) is 119 cm³/mol. The van der Waals surface area contributed by atoms with E-state index in [0.29, 0.717) is 23.2 Å². The van der Waals surface area contributed by atoms with E-state index in [-0.39, 0.29) is 12.2 Å². The Labute approximate surface area is 181 Å². The lowest BCUT2D eigenvalue weighted by molar-refractivity contribution is -0.136. The largest absolute Gasteiger partial charge is 0.481 e. The minimum Gasteiger partial charge on any atom is -0.481 e. The number of carbonyl (C=O) groups is 2. The fraction of sp³-hybridized carbons (Fsp3) is 0.320. The fourth-order valence-electron chi connectivity index (χ4n) is 4.51. The van der Waals surface area contributed by atoms with Crippen LogP contribution in [0.15, 0.2) is 42.5 Å². The van der Waals surface area contributed by atoms with Gasteiger partial charge in [0, 0.05) is 22.3 Å². The molecule has 0 bridgehead atoms. The molecule has 0 atom stereocenters. The van der Waals surface area contributed by atoms with Gasteiger partial charge in [0.15, 0.2) is 5.78 Å². The molecule has 3 aromatic rings. The molecular formula is C25H25N3O3. The molecule has 0 unspecified atom stereocenters. The van der Waals surface area contributed by atoms with Gasteiger partial charge in [-0.05, 0) is 68.8 Å². The summed E-state index contributed by atoms with van der Waals surface area (Å²) in [5.41, 5.74) is 4.41. The number of nitrogens with zero attached hydrogens (tertiary/aromatic N) is 3. The number of hydrogen-bond acceptors (Lipinski definition) is 4. The molecule has 0 saturated carbocycles. The molecule has 1 aliphatic rings. The lowest BCUT2D eigenvalue weighted by Crippen LogP contribution is -2.34. The van der Waals surface area contributed by atoms with Crippen molar-refractivity contribution in [1.82, 2.24) is 9.47 Å². The maximum atomic E-state index is 13.4. The van der Waals surface area contributed by atoms with Crippen LogP contribution in [0, 0.1) is 18.3 Å². The highest BCUT2D eigenvalue weighted by Crippen LogP contribution is 2.31. The van der Waals surface area contributed by atoms with Gasteiger partial charge in [-0.3, -0.25) is 14.5 Å². The molecule has 2 heterocycles. The van der Waals surface area contributed by atoms with Crippen LogP contribution in [-0.2, 0) is 11.2 Å². The molecule has 0 aliphatic carbocycles. The Balaban J connectivity index is 1.83. The van der Waals surface area contributed by atoms with Gasteiger partial charge in [0.1, 0.15) is 0 Å². The number of carboxylic acids is 1. The number of likely N-dealkylation sites (tertiary alicyclic amines) is 1. The van der Waals surface area contributed by atoms with Crippen LogP contribution in [0.2, 0.25) is 0 Å². The monoisotopic (exact) mass is 415 g/mol. The number of hydrogen-bond donors (Lipinski definition) is 1. The zero-order valence-corrected chi connectivity index (χ0v) is 17.6. The summed E-state index contributed by atoms with van der Waals surface area (Å²) in [5.74, 6) is -0.809. The van der Waals surface area contributed by atoms with Crippen molar-refractivity contribution in [2.24, 2.45) is 0 Å². The Bertz CT molecular complexity index is 1180. The quantitative estimate of drug-likeness (QED) is 0.613. The van der Waals surface area contributed by atoms with E-state index < -0.39 is 5.97 Å². The molecule has 0 spiro atoms. The van der Waals surface area contributed by atoms with E-state index in [1.54, 1.807) is 18.2 Å². The van der Waals surface area contributed by atoms with Gasteiger partial charge in [0.2, 0.25) is 0 Å². The molecule has 1 N–H and O–H groups in total. The molecule has 4 rings (SSSR count). The third-order valence-corrected chi connectivity index (χ3v) is 5.97. The van der Waals surface area contributed by atoms with E-state index >= 15 is 0 Å². The molecule has 1 saturated heterocycles. The summed E-state index contributed by atoms with van der Waals surface area (Å²) in [6.45, 7) is 4.21. The summed E-state index contributed by atoms with van der Waals surface area (Å²) < 4.78 is 1.99. The lowest BCUT2D eigenvalue weighted by Gasteiger charge is -2.25. The summed E-state index contributed by atoms with van der Waals surface area (Å²) in [6, 6.07) is 14.8. The highest BCUT2D eigenvalue weighted by molar-refractivity contribution is 6.11. The number of piperidine rings is 1. The van der Waals surface area contributed by atoms with Gasteiger partial charge in [0.05, 0.1) is 30.1 Å². The van der Waals surface area contributed by atoms with Crippen LogP contribution in [0.4, 0.5) is 0 Å². The van der Waals surface area contributed by atoms with E-state index in [0.717, 1.165) is 48.2 Å². The van der Waals surface area contributed by atoms with E-state index in [9.17, 15) is 14.7 Å². The summed E-state index contributed by atoms with van der Waals surface area (Å²) in [6.07, 6.45) is 3.38. The highest BCUT2D eigenvalue weighted by Gasteiger charge is 2.23. The lowest BCUT2D eigenvalue weighted by atomic mass is 10.0. The van der Waals surface area contributed by atoms with Gasteiger partial charge in [0.25, 0.3) is 0 Å². The molecule has 6 heteroatoms. The Morgan fingerprint density at radius 3 is 2.42 bits per heavy atom. The molecular weight excluding hydrogens is 390 g/mol. The van der Waals surface area contributed by atoms with Crippen molar-refractivity contribution in [3.63, 3.8) is 0 Å². The van der Waals surface area contributed by atoms with Crippen LogP contribution in [0.25, 0.3) is 16.6 Å². The van der Waals surface area contributed by atoms with Crippen LogP contribution >= 0.6 is 0 Å². The SMILES string of the molecule is Cc1c(C(=O)CN2CCCCC2)c2ccc(CC(=O)O)cc2n1-c1ccc(C#N)cc1. The molecule has 1 fully saturated rings. The first kappa shape index (κ1) is 20.8. The normalized spacial score (nSPS) is 14.5. The maximum Gasteiger partial charge on any atom is 0.307 e. The highest BCUT2D eigenvalue weighted by atomic mass is 16.4. The van der Waals surface area contributed by atoms with Gasteiger partial charge in [-0.25, -0.2) is 0 Å². The summed E-state index contributed by atoms with van der Waals surface area (Å²) in [7, 11) is 0. The van der Waals surface area contributed by atoms with Crippen molar-refractivity contribution in [2.75, 3.05) is 19.6 Å². The van der Waals surface area contributed by atoms with Crippen LogP contribution in [0.3, 0.4) is 0 Å². The van der Waals surface area contributed by atoms with E-state index in [1.165, 1.54) is 6.42 Å². The van der Waals surface area contributed by atoms with Crippen LogP contribution in [0.1, 0.15) is 46.4 Å². The van der Waals surface area contributed by atoms with Crippen molar-refractivity contribution < 1.29 is 14.7 Å². The first-order chi connectivity index (χ1) is 15.0. The number of benzene rings is 2. The molecule has 31 heavy (non-hydrogen) atoms. The van der Waals surface area contributed by atoms with Gasteiger partial charge in [-0.1, -0.05) is 18.6 Å². The first-order valence-electron chi connectivity index (χ1n) is 10.6. The second-order valence-electron chi connectivity index (χ2n) is 8.14. The minimum absolute atomic E-state index is 0.0788. The van der Waals surface area contributed by atoms with E-state index in [2.05, 4.69) is 11.0 Å². The molecule has 158 valence electrons. The number of aromatic nitrogens is 1. The third-order valence-electron chi connectivity index (χ3n) is 5.97. The third kappa shape index (κ3) is 4.23. The smallest absolute Gasteiger partial charge is 0.307 e. The van der Waals surface area contributed by atoms with Crippen molar-refractivity contribution in [3.05, 3.63) is 64.8 Å². The van der Waals surface area contributed by atoms with Crippen molar-refractivity contribution in [1.29, 1.82) is 5.26 Å². The second-order valence-corrected chi connectivity index (χ2v) is 8.14. The fourth-order valence-corrected chi connectivity index (χ4v) is 4.51. The van der Waals surface area contributed by atoms with Crippen molar-refractivity contribution in [2.45, 2.75) is 32.6 Å². The predicted octanol–water partition coefficient (Wildman–Crippen LogP) is 4.11. The number of fused-ring (bicyclic) bond motifs is 1. The number of aliphatic carboxylic acids is 1. The number of nitriles is 1. The van der Waals surface area contributed by atoms with Gasteiger partial charge >= 0.3 is 5.97 Å². The number of carboxylic acid groups (broad SMARTS) is 1. The van der Waals surface area contributed by atoms with Crippen molar-refractivity contribution >= 4 is 22.7 Å². The second kappa shape index (κ2) is 8.75. The van der Waals surface area contributed by atoms with Crippen LogP contribution in [-0.4, -0.2) is 46.0 Å². The van der Waals surface area contributed by atoms with E-state index in [4.69, 9.17) is 5.26 Å². The van der Waals surface area contributed by atoms with Crippen LogP contribution < -0.4 is 0 Å². The molecule has 0 radical (unpaired) electrons. The number of rotatable bonds is 6. The number of Topliss-reactive ketones (excluding diaryl/α,β-unsaturated/α-hetero) is 1. The summed E-state index contributed by atoms with van der Waals surface area (Å²) in [4.78, 5) is 26.8. The zero-order chi connectivity index (χ0) is 22.0. The van der Waals surface area contributed by atoms with Gasteiger partial charge in [-0.15, -0.1) is 0 Å². The maximum absolute atomic E-state index is 13.4. The Kier molecular flexibility index (Phi) is 5.88. The molecule has 0 amide bonds. The minimum atomic E-state index is -0.894. The average Bonchev–Trinajstić information content (AvgIpc) is 3.05. The Morgan fingerprint density at radius 1 is 1.06 bits per heavy atom. The average molecular weight is 415 g/mol. The molecule has 2 aromatic carbocycles. The molecule has 1 aromatic heterocycles. The summed E-state index contributed by atoms with van der Waals surface area (Å²) >= 11 is 0. The van der Waals surface area contributed by atoms with Gasteiger partial charge in [-0.2, -0.15) is 5.26 Å². The number of carbonyl (C=O) groups excluding carboxylic acids is 1. The van der Waals surface area contributed by atoms with Crippen LogP contribution in [0.5, 0.6) is 0 Å².